The van der Waals surface area contributed by atoms with Gasteiger partial charge in [0.15, 0.2) is 0 Å². The van der Waals surface area contributed by atoms with Crippen molar-refractivity contribution >= 4 is 11.9 Å². The zero-order chi connectivity index (χ0) is 18.5. The van der Waals surface area contributed by atoms with Crippen molar-refractivity contribution in [2.24, 2.45) is 5.92 Å². The summed E-state index contributed by atoms with van der Waals surface area (Å²) < 4.78 is 0. The number of hydrogen-bond donors (Lipinski definition) is 1. The molecular formula is C20H29N3O3. The number of carbonyl (C=O) groups is 2. The lowest BCUT2D eigenvalue weighted by atomic mass is 9.88. The number of aryl methyl sites for hydroxylation is 1. The first-order chi connectivity index (χ1) is 12.5. The van der Waals surface area contributed by atoms with Crippen molar-refractivity contribution in [2.75, 3.05) is 39.8 Å². The Morgan fingerprint density at radius 2 is 1.85 bits per heavy atom. The summed E-state index contributed by atoms with van der Waals surface area (Å²) in [5, 5.41) is 10.5. The van der Waals surface area contributed by atoms with Crippen LogP contribution in [0.4, 0.5) is 4.79 Å². The smallest absolute Gasteiger partial charge is 0.320 e. The van der Waals surface area contributed by atoms with Crippen molar-refractivity contribution < 1.29 is 14.7 Å². The fourth-order valence-corrected chi connectivity index (χ4v) is 3.84. The average Bonchev–Trinajstić information content (AvgIpc) is 2.99. The molecule has 0 aromatic heterocycles. The number of aliphatic hydroxyl groups is 1. The quantitative estimate of drug-likeness (QED) is 0.839. The van der Waals surface area contributed by atoms with Crippen molar-refractivity contribution in [1.82, 2.24) is 14.7 Å². The summed E-state index contributed by atoms with van der Waals surface area (Å²) in [4.78, 5) is 29.4. The first-order valence-corrected chi connectivity index (χ1v) is 9.54. The topological polar surface area (TPSA) is 64.1 Å². The van der Waals surface area contributed by atoms with Crippen LogP contribution >= 0.6 is 0 Å². The molecule has 0 spiro atoms. The van der Waals surface area contributed by atoms with Crippen molar-refractivity contribution in [2.45, 2.75) is 31.8 Å². The van der Waals surface area contributed by atoms with Crippen LogP contribution in [0.15, 0.2) is 30.3 Å². The molecule has 1 atom stereocenters. The van der Waals surface area contributed by atoms with Gasteiger partial charge in [0.2, 0.25) is 5.91 Å². The maximum absolute atomic E-state index is 12.4. The van der Waals surface area contributed by atoms with Gasteiger partial charge in [-0.05, 0) is 37.2 Å². The minimum atomic E-state index is -0.318. The minimum Gasteiger partial charge on any atom is -0.393 e. The van der Waals surface area contributed by atoms with Gasteiger partial charge in [0.1, 0.15) is 6.54 Å². The van der Waals surface area contributed by atoms with Crippen molar-refractivity contribution in [3.05, 3.63) is 35.9 Å². The largest absolute Gasteiger partial charge is 0.393 e. The van der Waals surface area contributed by atoms with Gasteiger partial charge >= 0.3 is 6.03 Å². The van der Waals surface area contributed by atoms with Crippen molar-refractivity contribution in [3.63, 3.8) is 0 Å². The summed E-state index contributed by atoms with van der Waals surface area (Å²) in [6.45, 7) is 2.81. The molecular weight excluding hydrogens is 330 g/mol. The highest BCUT2D eigenvalue weighted by molar-refractivity contribution is 5.85. The average molecular weight is 359 g/mol. The number of rotatable bonds is 6. The van der Waals surface area contributed by atoms with Crippen molar-refractivity contribution in [1.29, 1.82) is 0 Å². The molecule has 3 rings (SSSR count). The molecule has 2 fully saturated rings. The zero-order valence-corrected chi connectivity index (χ0v) is 15.5. The van der Waals surface area contributed by atoms with E-state index < -0.39 is 0 Å². The Balaban J connectivity index is 1.40. The van der Waals surface area contributed by atoms with E-state index in [9.17, 15) is 14.7 Å². The van der Waals surface area contributed by atoms with Crippen molar-refractivity contribution in [3.8, 4) is 0 Å². The molecule has 2 aliphatic rings. The monoisotopic (exact) mass is 359 g/mol. The highest BCUT2D eigenvalue weighted by Crippen LogP contribution is 2.24. The summed E-state index contributed by atoms with van der Waals surface area (Å²) in [5.41, 5.74) is 1.25. The predicted octanol–water partition coefficient (Wildman–Crippen LogP) is 1.59. The Labute approximate surface area is 155 Å². The molecule has 2 saturated heterocycles. The van der Waals surface area contributed by atoms with Gasteiger partial charge in [-0.2, -0.15) is 0 Å². The second-order valence-electron chi connectivity index (χ2n) is 7.44. The summed E-state index contributed by atoms with van der Waals surface area (Å²) in [5.74, 6) is 0.271. The van der Waals surface area contributed by atoms with E-state index in [0.717, 1.165) is 25.7 Å². The Kier molecular flexibility index (Phi) is 6.14. The van der Waals surface area contributed by atoms with E-state index in [2.05, 4.69) is 12.1 Å². The molecule has 0 radical (unpaired) electrons. The van der Waals surface area contributed by atoms with Gasteiger partial charge in [-0.15, -0.1) is 0 Å². The van der Waals surface area contributed by atoms with E-state index in [1.165, 1.54) is 5.56 Å². The molecule has 6 heteroatoms. The van der Waals surface area contributed by atoms with E-state index in [1.54, 1.807) is 16.8 Å². The third-order valence-electron chi connectivity index (χ3n) is 5.64. The minimum absolute atomic E-state index is 0.0193. The molecule has 142 valence electrons. The van der Waals surface area contributed by atoms with E-state index in [4.69, 9.17) is 0 Å². The van der Waals surface area contributed by atoms with E-state index in [-0.39, 0.29) is 30.5 Å². The Hall–Kier alpha value is -2.08. The van der Waals surface area contributed by atoms with Gasteiger partial charge in [-0.1, -0.05) is 30.3 Å². The first-order valence-electron chi connectivity index (χ1n) is 9.54. The lowest BCUT2D eigenvalue weighted by Crippen LogP contribution is -2.46. The number of carbonyl (C=O) groups excluding carboxylic acids is 2. The second-order valence-corrected chi connectivity index (χ2v) is 7.44. The summed E-state index contributed by atoms with van der Waals surface area (Å²) in [6.07, 6.45) is 2.98. The van der Waals surface area contributed by atoms with E-state index in [0.29, 0.717) is 26.2 Å². The van der Waals surface area contributed by atoms with Gasteiger partial charge in [0.05, 0.1) is 6.10 Å². The number of urea groups is 1. The highest BCUT2D eigenvalue weighted by Gasteiger charge is 2.31. The SMILES string of the molecule is CN1CCN(CC(=O)N2CCC(C(O)CCc3ccccc3)CC2)C1=O. The maximum atomic E-state index is 12.4. The molecule has 26 heavy (non-hydrogen) atoms. The molecule has 6 nitrogen and oxygen atoms in total. The molecule has 1 N–H and O–H groups in total. The van der Waals surface area contributed by atoms with Crippen LogP contribution in [-0.4, -0.2) is 77.6 Å². The maximum Gasteiger partial charge on any atom is 0.320 e. The van der Waals surface area contributed by atoms with Crippen LogP contribution in [0.2, 0.25) is 0 Å². The number of hydrogen-bond acceptors (Lipinski definition) is 3. The summed E-state index contributed by atoms with van der Waals surface area (Å²) in [7, 11) is 1.76. The van der Waals surface area contributed by atoms with Crippen LogP contribution in [0.3, 0.4) is 0 Å². The Morgan fingerprint density at radius 1 is 1.15 bits per heavy atom. The van der Waals surface area contributed by atoms with Gasteiger partial charge in [0.25, 0.3) is 0 Å². The van der Waals surface area contributed by atoms with Gasteiger partial charge < -0.3 is 19.8 Å². The van der Waals surface area contributed by atoms with E-state index in [1.807, 2.05) is 23.1 Å². The molecule has 2 heterocycles. The Morgan fingerprint density at radius 3 is 2.46 bits per heavy atom. The van der Waals surface area contributed by atoms with Crippen LogP contribution in [0.1, 0.15) is 24.8 Å². The molecule has 3 amide bonds. The standard InChI is InChI=1S/C20H29N3O3/c1-21-13-14-23(20(21)26)15-19(25)22-11-9-17(10-12-22)18(24)8-7-16-5-3-2-4-6-16/h2-6,17-18,24H,7-15H2,1H3. The van der Waals surface area contributed by atoms with Crippen LogP contribution in [-0.2, 0) is 11.2 Å². The third kappa shape index (κ3) is 4.55. The van der Waals surface area contributed by atoms with Crippen LogP contribution in [0, 0.1) is 5.92 Å². The fourth-order valence-electron chi connectivity index (χ4n) is 3.84. The fraction of sp³-hybridized carbons (Fsp3) is 0.600. The predicted molar refractivity (Wildman–Crippen MR) is 99.7 cm³/mol. The number of aliphatic hydroxyl groups excluding tert-OH is 1. The normalized spacial score (nSPS) is 19.9. The number of nitrogens with zero attached hydrogens (tertiary/aromatic N) is 3. The van der Waals surface area contributed by atoms with Crippen LogP contribution in [0.5, 0.6) is 0 Å². The lowest BCUT2D eigenvalue weighted by molar-refractivity contribution is -0.133. The molecule has 0 saturated carbocycles. The molecule has 1 aromatic carbocycles. The molecule has 1 aromatic rings. The molecule has 0 aliphatic carbocycles. The summed E-state index contributed by atoms with van der Waals surface area (Å²) in [6, 6.07) is 10.2. The lowest BCUT2D eigenvalue weighted by Gasteiger charge is -2.35. The van der Waals surface area contributed by atoms with Gasteiger partial charge in [-0.25, -0.2) is 4.79 Å². The number of benzene rings is 1. The third-order valence-corrected chi connectivity index (χ3v) is 5.64. The summed E-state index contributed by atoms with van der Waals surface area (Å²) >= 11 is 0. The zero-order valence-electron chi connectivity index (χ0n) is 15.5. The number of amides is 3. The molecule has 1 unspecified atom stereocenters. The highest BCUT2D eigenvalue weighted by atomic mass is 16.3. The Bertz CT molecular complexity index is 614. The number of likely N-dealkylation sites (N-methyl/N-ethyl adjacent to an activating group) is 1. The first kappa shape index (κ1) is 18.7. The van der Waals surface area contributed by atoms with Crippen LogP contribution in [0.25, 0.3) is 0 Å². The molecule has 2 aliphatic heterocycles. The second kappa shape index (κ2) is 8.54. The number of piperidine rings is 1. The van der Waals surface area contributed by atoms with Gasteiger partial charge in [0, 0.05) is 33.2 Å². The van der Waals surface area contributed by atoms with Crippen LogP contribution < -0.4 is 0 Å². The number of likely N-dealkylation sites (tertiary alicyclic amines) is 1. The molecule has 0 bridgehead atoms. The van der Waals surface area contributed by atoms with E-state index >= 15 is 0 Å². The van der Waals surface area contributed by atoms with Gasteiger partial charge in [-0.3, -0.25) is 4.79 Å².